The summed E-state index contributed by atoms with van der Waals surface area (Å²) in [6.07, 6.45) is 1.82. The van der Waals surface area contributed by atoms with Gasteiger partial charge in [-0.3, -0.25) is 4.79 Å². The van der Waals surface area contributed by atoms with Crippen molar-refractivity contribution in [3.63, 3.8) is 0 Å². The summed E-state index contributed by atoms with van der Waals surface area (Å²) in [5.74, 6) is 0.344. The van der Waals surface area contributed by atoms with Gasteiger partial charge in [0.2, 0.25) is 0 Å². The van der Waals surface area contributed by atoms with Gasteiger partial charge in [-0.25, -0.2) is 0 Å². The first kappa shape index (κ1) is 21.5. The number of hydrogen-bond donors (Lipinski definition) is 0. The lowest BCUT2D eigenvalue weighted by atomic mass is 9.77. The zero-order valence-electron chi connectivity index (χ0n) is 18.6. The molecule has 6 nitrogen and oxygen atoms in total. The molecule has 0 N–H and O–H groups in total. The van der Waals surface area contributed by atoms with E-state index in [4.69, 9.17) is 23.2 Å². The second kappa shape index (κ2) is 8.06. The SMILES string of the molecule is COC(=O)Cc1ccccc1OCc1cc(B2OC(C)(C)C(C)(C)O2)c2occc2c1. The third-order valence-electron chi connectivity index (χ3n) is 6.08. The maximum Gasteiger partial charge on any atom is 0.498 e. The average molecular weight is 422 g/mol. The predicted octanol–water partition coefficient (Wildman–Crippen LogP) is 4.03. The number of hydrogen-bond acceptors (Lipinski definition) is 6. The minimum Gasteiger partial charge on any atom is -0.489 e. The van der Waals surface area contributed by atoms with E-state index in [1.54, 1.807) is 6.26 Å². The molecule has 0 radical (unpaired) electrons. The Labute approximate surface area is 182 Å². The average Bonchev–Trinajstić information content (AvgIpc) is 3.27. The van der Waals surface area contributed by atoms with Crippen LogP contribution < -0.4 is 10.2 Å². The maximum absolute atomic E-state index is 11.7. The van der Waals surface area contributed by atoms with Crippen LogP contribution in [0.3, 0.4) is 0 Å². The molecule has 162 valence electrons. The van der Waals surface area contributed by atoms with Crippen LogP contribution in [0.1, 0.15) is 38.8 Å². The molecule has 2 heterocycles. The van der Waals surface area contributed by atoms with E-state index in [9.17, 15) is 4.79 Å². The van der Waals surface area contributed by atoms with Crippen LogP contribution in [0.4, 0.5) is 0 Å². The minimum atomic E-state index is -0.537. The van der Waals surface area contributed by atoms with Gasteiger partial charge in [0.1, 0.15) is 17.9 Å². The number of para-hydroxylation sites is 1. The monoisotopic (exact) mass is 422 g/mol. The van der Waals surface area contributed by atoms with Gasteiger partial charge in [-0.2, -0.15) is 0 Å². The smallest absolute Gasteiger partial charge is 0.489 e. The highest BCUT2D eigenvalue weighted by Crippen LogP contribution is 2.37. The molecule has 0 unspecified atom stereocenters. The topological polar surface area (TPSA) is 67.1 Å². The number of furan rings is 1. The summed E-state index contributed by atoms with van der Waals surface area (Å²) in [5, 5.41) is 0.952. The fourth-order valence-electron chi connectivity index (χ4n) is 3.58. The largest absolute Gasteiger partial charge is 0.498 e. The Morgan fingerprint density at radius 3 is 2.45 bits per heavy atom. The molecule has 7 heteroatoms. The van der Waals surface area contributed by atoms with E-state index in [1.165, 1.54) is 7.11 Å². The number of rotatable bonds is 6. The summed E-state index contributed by atoms with van der Waals surface area (Å²) >= 11 is 0. The van der Waals surface area contributed by atoms with E-state index in [0.717, 1.165) is 27.6 Å². The number of esters is 1. The second-order valence-electron chi connectivity index (χ2n) is 8.76. The highest BCUT2D eigenvalue weighted by molar-refractivity contribution is 6.64. The maximum atomic E-state index is 11.7. The van der Waals surface area contributed by atoms with Gasteiger partial charge in [0, 0.05) is 16.4 Å². The molecule has 1 aliphatic rings. The summed E-state index contributed by atoms with van der Waals surface area (Å²) in [6, 6.07) is 13.4. The molecule has 3 aromatic rings. The van der Waals surface area contributed by atoms with E-state index in [2.05, 4.69) is 0 Å². The number of carbonyl (C=O) groups is 1. The first-order valence-corrected chi connectivity index (χ1v) is 10.3. The summed E-state index contributed by atoms with van der Waals surface area (Å²) < 4.78 is 29.1. The molecule has 1 saturated heterocycles. The summed E-state index contributed by atoms with van der Waals surface area (Å²) in [6.45, 7) is 8.43. The lowest BCUT2D eigenvalue weighted by molar-refractivity contribution is -0.139. The predicted molar refractivity (Wildman–Crippen MR) is 118 cm³/mol. The highest BCUT2D eigenvalue weighted by Gasteiger charge is 2.52. The molecule has 4 rings (SSSR count). The Balaban J connectivity index is 1.60. The quantitative estimate of drug-likeness (QED) is 0.442. The zero-order valence-corrected chi connectivity index (χ0v) is 18.6. The molecule has 0 aliphatic carbocycles. The molecule has 0 saturated carbocycles. The van der Waals surface area contributed by atoms with Gasteiger partial charge >= 0.3 is 13.1 Å². The van der Waals surface area contributed by atoms with Gasteiger partial charge < -0.3 is 23.2 Å². The Morgan fingerprint density at radius 1 is 1.03 bits per heavy atom. The van der Waals surface area contributed by atoms with Gasteiger partial charge in [-0.05, 0) is 51.5 Å². The first-order chi connectivity index (χ1) is 14.7. The van der Waals surface area contributed by atoms with Gasteiger partial charge in [0.15, 0.2) is 0 Å². The van der Waals surface area contributed by atoms with Crippen LogP contribution in [-0.2, 0) is 31.9 Å². The minimum absolute atomic E-state index is 0.159. The molecule has 2 aromatic carbocycles. The molecular weight excluding hydrogens is 395 g/mol. The van der Waals surface area contributed by atoms with Gasteiger partial charge in [-0.15, -0.1) is 0 Å². The van der Waals surface area contributed by atoms with Crippen molar-refractivity contribution in [3.8, 4) is 5.75 Å². The fourth-order valence-corrected chi connectivity index (χ4v) is 3.58. The van der Waals surface area contributed by atoms with Crippen molar-refractivity contribution in [1.82, 2.24) is 0 Å². The number of benzene rings is 2. The Hall–Kier alpha value is -2.77. The van der Waals surface area contributed by atoms with E-state index in [0.29, 0.717) is 12.4 Å². The standard InChI is InChI=1S/C24H27BO6/c1-23(2)24(3,4)31-25(30-23)19-13-16(12-18-10-11-28-22(18)19)15-29-20-9-7-6-8-17(20)14-21(26)27-5/h6-13H,14-15H2,1-5H3. The zero-order chi connectivity index (χ0) is 22.2. The van der Waals surface area contributed by atoms with E-state index >= 15 is 0 Å². The highest BCUT2D eigenvalue weighted by atomic mass is 16.7. The van der Waals surface area contributed by atoms with Crippen LogP contribution in [0.25, 0.3) is 11.0 Å². The molecule has 0 bridgehead atoms. The lowest BCUT2D eigenvalue weighted by Crippen LogP contribution is -2.41. The van der Waals surface area contributed by atoms with Gasteiger partial charge in [0.05, 0.1) is 31.0 Å². The molecular formula is C24H27BO6. The third kappa shape index (κ3) is 4.20. The number of fused-ring (bicyclic) bond motifs is 1. The molecule has 0 amide bonds. The van der Waals surface area contributed by atoms with Crippen LogP contribution in [0.15, 0.2) is 53.1 Å². The number of methoxy groups -OCH3 is 1. The van der Waals surface area contributed by atoms with Crippen molar-refractivity contribution in [3.05, 3.63) is 59.9 Å². The lowest BCUT2D eigenvalue weighted by Gasteiger charge is -2.32. The Bertz CT molecular complexity index is 1080. The van der Waals surface area contributed by atoms with Crippen LogP contribution >= 0.6 is 0 Å². The van der Waals surface area contributed by atoms with E-state index < -0.39 is 18.3 Å². The summed E-state index contributed by atoms with van der Waals surface area (Å²) in [7, 11) is 0.841. The third-order valence-corrected chi connectivity index (χ3v) is 6.08. The van der Waals surface area contributed by atoms with E-state index in [-0.39, 0.29) is 12.4 Å². The normalized spacial score (nSPS) is 17.1. The Kier molecular flexibility index (Phi) is 5.58. The van der Waals surface area contributed by atoms with Crippen molar-refractivity contribution in [2.24, 2.45) is 0 Å². The van der Waals surface area contributed by atoms with Crippen molar-refractivity contribution in [2.45, 2.75) is 51.9 Å². The number of carbonyl (C=O) groups excluding carboxylic acids is 1. The van der Waals surface area contributed by atoms with Crippen molar-refractivity contribution >= 4 is 29.5 Å². The molecule has 0 spiro atoms. The van der Waals surface area contributed by atoms with Crippen molar-refractivity contribution in [2.75, 3.05) is 7.11 Å². The molecule has 31 heavy (non-hydrogen) atoms. The fraction of sp³-hybridized carbons (Fsp3) is 0.375. The Morgan fingerprint density at radius 2 is 1.74 bits per heavy atom. The van der Waals surface area contributed by atoms with Crippen LogP contribution in [0.2, 0.25) is 0 Å². The molecule has 1 aliphatic heterocycles. The van der Waals surface area contributed by atoms with Gasteiger partial charge in [0.25, 0.3) is 0 Å². The van der Waals surface area contributed by atoms with Crippen molar-refractivity contribution in [1.29, 1.82) is 0 Å². The van der Waals surface area contributed by atoms with Crippen LogP contribution in [-0.4, -0.2) is 31.4 Å². The molecule has 1 fully saturated rings. The van der Waals surface area contributed by atoms with Crippen LogP contribution in [0.5, 0.6) is 5.75 Å². The summed E-state index contributed by atoms with van der Waals surface area (Å²) in [5.41, 5.74) is 2.42. The number of ether oxygens (including phenoxy) is 2. The van der Waals surface area contributed by atoms with Gasteiger partial charge in [-0.1, -0.05) is 24.3 Å². The molecule has 1 aromatic heterocycles. The summed E-state index contributed by atoms with van der Waals surface area (Å²) in [4.78, 5) is 11.7. The van der Waals surface area contributed by atoms with E-state index in [1.807, 2.05) is 70.2 Å². The van der Waals surface area contributed by atoms with Crippen molar-refractivity contribution < 1.29 is 28.0 Å². The second-order valence-corrected chi connectivity index (χ2v) is 8.76. The van der Waals surface area contributed by atoms with Crippen LogP contribution in [0, 0.1) is 0 Å². The molecule has 0 atom stereocenters. The first-order valence-electron chi connectivity index (χ1n) is 10.3.